The molecule has 130 valence electrons. The van der Waals surface area contributed by atoms with Crippen molar-refractivity contribution < 1.29 is 22.3 Å². The highest BCUT2D eigenvalue weighted by atomic mass is 32.2. The van der Waals surface area contributed by atoms with E-state index in [1.165, 1.54) is 30.7 Å². The minimum absolute atomic E-state index is 0.00998. The number of halogens is 3. The van der Waals surface area contributed by atoms with Crippen molar-refractivity contribution in [1.82, 2.24) is 4.98 Å². The standard InChI is InChI=1S/C13H12F3N3O3S2/c1-8(9-3-4-11(17-7-9)13(14,15)16)24(2,22)18-10-5-6-23-12(10)19(20)21/h3-8H,1-2H3. The summed E-state index contributed by atoms with van der Waals surface area (Å²) in [4.78, 5) is 13.6. The molecule has 2 rings (SSSR count). The van der Waals surface area contributed by atoms with E-state index in [9.17, 15) is 27.5 Å². The normalized spacial score (nSPS) is 15.5. The van der Waals surface area contributed by atoms with Gasteiger partial charge in [0.1, 0.15) is 5.69 Å². The molecule has 11 heteroatoms. The summed E-state index contributed by atoms with van der Waals surface area (Å²) in [5.41, 5.74) is -0.757. The molecule has 2 aromatic heterocycles. The van der Waals surface area contributed by atoms with E-state index in [1.807, 2.05) is 0 Å². The Morgan fingerprint density at radius 2 is 2.04 bits per heavy atom. The monoisotopic (exact) mass is 379 g/mol. The van der Waals surface area contributed by atoms with Gasteiger partial charge in [0, 0.05) is 12.5 Å². The molecule has 24 heavy (non-hydrogen) atoms. The topological polar surface area (TPSA) is 85.5 Å². The van der Waals surface area contributed by atoms with Crippen molar-refractivity contribution in [1.29, 1.82) is 0 Å². The summed E-state index contributed by atoms with van der Waals surface area (Å²) in [5.74, 6) is 0. The highest BCUT2D eigenvalue weighted by Crippen LogP contribution is 2.36. The molecular weight excluding hydrogens is 367 g/mol. The van der Waals surface area contributed by atoms with Crippen molar-refractivity contribution in [2.75, 3.05) is 6.26 Å². The van der Waals surface area contributed by atoms with Crippen LogP contribution in [0.15, 0.2) is 34.1 Å². The molecule has 2 unspecified atom stereocenters. The summed E-state index contributed by atoms with van der Waals surface area (Å²) in [7, 11) is -2.98. The summed E-state index contributed by atoms with van der Waals surface area (Å²) in [6.45, 7) is 1.52. The Morgan fingerprint density at radius 3 is 2.54 bits per heavy atom. The predicted molar refractivity (Wildman–Crippen MR) is 84.8 cm³/mol. The van der Waals surface area contributed by atoms with Crippen LogP contribution in [0.2, 0.25) is 0 Å². The average molecular weight is 379 g/mol. The van der Waals surface area contributed by atoms with Gasteiger partial charge in [0.2, 0.25) is 0 Å². The molecule has 0 saturated heterocycles. The van der Waals surface area contributed by atoms with Gasteiger partial charge in [-0.3, -0.25) is 15.1 Å². The number of rotatable bonds is 4. The fourth-order valence-electron chi connectivity index (χ4n) is 1.84. The first kappa shape index (κ1) is 18.3. The van der Waals surface area contributed by atoms with Crippen molar-refractivity contribution in [2.24, 2.45) is 4.36 Å². The van der Waals surface area contributed by atoms with E-state index < -0.39 is 31.8 Å². The molecule has 0 N–H and O–H groups in total. The Hall–Kier alpha value is -2.01. The summed E-state index contributed by atoms with van der Waals surface area (Å²) < 4.78 is 54.3. The molecule has 0 amide bonds. The van der Waals surface area contributed by atoms with Crippen molar-refractivity contribution in [3.63, 3.8) is 0 Å². The van der Waals surface area contributed by atoms with Crippen LogP contribution in [0.1, 0.15) is 23.4 Å². The maximum atomic E-state index is 12.8. The van der Waals surface area contributed by atoms with Crippen LogP contribution >= 0.6 is 11.3 Å². The third-order valence-electron chi connectivity index (χ3n) is 3.27. The minimum Gasteiger partial charge on any atom is -0.257 e. The van der Waals surface area contributed by atoms with Crippen molar-refractivity contribution in [2.45, 2.75) is 18.3 Å². The van der Waals surface area contributed by atoms with Gasteiger partial charge in [0.25, 0.3) is 0 Å². The van der Waals surface area contributed by atoms with Gasteiger partial charge in [-0.25, -0.2) is 4.21 Å². The van der Waals surface area contributed by atoms with Crippen LogP contribution in [0.3, 0.4) is 0 Å². The average Bonchev–Trinajstić information content (AvgIpc) is 2.93. The van der Waals surface area contributed by atoms with Crippen LogP contribution in [0.25, 0.3) is 0 Å². The molecule has 0 bridgehead atoms. The van der Waals surface area contributed by atoms with Crippen LogP contribution in [0, 0.1) is 10.1 Å². The van der Waals surface area contributed by atoms with E-state index in [0.717, 1.165) is 23.6 Å². The number of nitro groups is 1. The highest BCUT2D eigenvalue weighted by Gasteiger charge is 2.32. The smallest absolute Gasteiger partial charge is 0.257 e. The summed E-state index contributed by atoms with van der Waals surface area (Å²) in [6, 6.07) is 3.36. The number of hydrogen-bond acceptors (Lipinski definition) is 6. The zero-order chi connectivity index (χ0) is 18.1. The first-order chi connectivity index (χ1) is 11.0. The Morgan fingerprint density at radius 1 is 1.38 bits per heavy atom. The molecule has 2 atom stereocenters. The van der Waals surface area contributed by atoms with Crippen LogP contribution in [0.5, 0.6) is 0 Å². The molecule has 0 spiro atoms. The van der Waals surface area contributed by atoms with Crippen LogP contribution in [0.4, 0.5) is 23.9 Å². The molecule has 0 aliphatic rings. The number of aromatic nitrogens is 1. The lowest BCUT2D eigenvalue weighted by Gasteiger charge is -2.14. The molecule has 2 heterocycles. The number of thiophene rings is 1. The number of hydrogen-bond donors (Lipinski definition) is 0. The van der Waals surface area contributed by atoms with Gasteiger partial charge < -0.3 is 0 Å². The molecule has 0 saturated carbocycles. The van der Waals surface area contributed by atoms with E-state index >= 15 is 0 Å². The van der Waals surface area contributed by atoms with Gasteiger partial charge in [-0.2, -0.15) is 17.5 Å². The quantitative estimate of drug-likeness (QED) is 0.576. The Bertz CT molecular complexity index is 869. The number of pyridine rings is 1. The first-order valence-electron chi connectivity index (χ1n) is 6.48. The van der Waals surface area contributed by atoms with Crippen molar-refractivity contribution in [3.05, 3.63) is 51.1 Å². The van der Waals surface area contributed by atoms with Crippen molar-refractivity contribution >= 4 is 31.8 Å². The van der Waals surface area contributed by atoms with Crippen LogP contribution in [-0.4, -0.2) is 20.4 Å². The van der Waals surface area contributed by atoms with Gasteiger partial charge in [0.15, 0.2) is 5.69 Å². The molecule has 2 aromatic rings. The van der Waals surface area contributed by atoms with Gasteiger partial charge in [-0.1, -0.05) is 17.4 Å². The van der Waals surface area contributed by atoms with E-state index in [4.69, 9.17) is 0 Å². The van der Waals surface area contributed by atoms with Crippen LogP contribution in [-0.2, 0) is 15.9 Å². The van der Waals surface area contributed by atoms with Gasteiger partial charge in [-0.05, 0) is 30.0 Å². The van der Waals surface area contributed by atoms with Gasteiger partial charge in [0.05, 0.1) is 19.9 Å². The predicted octanol–water partition coefficient (Wildman–Crippen LogP) is 4.56. The van der Waals surface area contributed by atoms with Gasteiger partial charge in [-0.15, -0.1) is 0 Å². The maximum absolute atomic E-state index is 12.8. The maximum Gasteiger partial charge on any atom is 0.433 e. The Balaban J connectivity index is 2.38. The summed E-state index contributed by atoms with van der Waals surface area (Å²) in [6.07, 6.45) is -2.26. The fourth-order valence-corrected chi connectivity index (χ4v) is 3.89. The first-order valence-corrected chi connectivity index (χ1v) is 9.35. The Labute approximate surface area is 139 Å². The zero-order valence-electron chi connectivity index (χ0n) is 12.5. The third kappa shape index (κ3) is 3.90. The summed E-state index contributed by atoms with van der Waals surface area (Å²) in [5, 5.41) is 11.4. The number of nitrogens with zero attached hydrogens (tertiary/aromatic N) is 3. The second kappa shape index (κ2) is 6.48. The van der Waals surface area contributed by atoms with Gasteiger partial charge >= 0.3 is 11.2 Å². The Kier molecular flexibility index (Phi) is 4.95. The molecule has 0 aliphatic heterocycles. The fraction of sp³-hybridized carbons (Fsp3) is 0.308. The second-order valence-electron chi connectivity index (χ2n) is 4.94. The van der Waals surface area contributed by atoms with E-state index in [2.05, 4.69) is 9.35 Å². The lowest BCUT2D eigenvalue weighted by atomic mass is 10.2. The summed E-state index contributed by atoms with van der Waals surface area (Å²) >= 11 is 0.855. The van der Waals surface area contributed by atoms with Crippen LogP contribution < -0.4 is 0 Å². The zero-order valence-corrected chi connectivity index (χ0v) is 14.1. The molecule has 6 nitrogen and oxygen atoms in total. The molecule has 0 fully saturated rings. The molecular formula is C13H12F3N3O3S2. The minimum atomic E-state index is -4.56. The lowest BCUT2D eigenvalue weighted by molar-refractivity contribution is -0.379. The third-order valence-corrected chi connectivity index (χ3v) is 6.27. The second-order valence-corrected chi connectivity index (χ2v) is 8.44. The van der Waals surface area contributed by atoms with E-state index in [1.54, 1.807) is 0 Å². The SMILES string of the molecule is CC(c1ccc(C(F)(F)F)nc1)S(C)(=O)=Nc1ccsc1[N+](=O)[O-]. The van der Waals surface area contributed by atoms with E-state index in [-0.39, 0.29) is 10.7 Å². The largest absolute Gasteiger partial charge is 0.433 e. The van der Waals surface area contributed by atoms with E-state index in [0.29, 0.717) is 5.56 Å². The lowest BCUT2D eigenvalue weighted by Crippen LogP contribution is -2.11. The molecule has 0 radical (unpaired) electrons. The number of alkyl halides is 3. The molecule has 0 aromatic carbocycles. The highest BCUT2D eigenvalue weighted by molar-refractivity contribution is 7.93. The molecule has 0 aliphatic carbocycles. The van der Waals surface area contributed by atoms with Crippen molar-refractivity contribution in [3.8, 4) is 0 Å².